The molecule has 0 aliphatic carbocycles. The van der Waals surface area contributed by atoms with Crippen molar-refractivity contribution >= 4 is 46.4 Å². The molecule has 0 radical (unpaired) electrons. The first-order valence-corrected chi connectivity index (χ1v) is 10.1. The van der Waals surface area contributed by atoms with Crippen molar-refractivity contribution in [1.82, 2.24) is 4.90 Å². The summed E-state index contributed by atoms with van der Waals surface area (Å²) in [6, 6.07) is 12.5. The van der Waals surface area contributed by atoms with E-state index in [0.29, 0.717) is 27.7 Å². The van der Waals surface area contributed by atoms with Crippen molar-refractivity contribution in [3.8, 4) is 0 Å². The summed E-state index contributed by atoms with van der Waals surface area (Å²) in [5.41, 5.74) is 2.09. The minimum absolute atomic E-state index is 0.236. The van der Waals surface area contributed by atoms with Crippen LogP contribution in [0.4, 0.5) is 11.4 Å². The first kappa shape index (κ1) is 20.5. The van der Waals surface area contributed by atoms with Crippen molar-refractivity contribution < 1.29 is 9.59 Å². The number of carbonyl (C=O) groups is 2. The van der Waals surface area contributed by atoms with Gasteiger partial charge in [-0.15, -0.1) is 0 Å². The highest BCUT2D eigenvalue weighted by Crippen LogP contribution is 2.23. The monoisotopic (exact) mass is 419 g/mol. The predicted molar refractivity (Wildman–Crippen MR) is 115 cm³/mol. The van der Waals surface area contributed by atoms with E-state index in [9.17, 15) is 9.59 Å². The lowest BCUT2D eigenvalue weighted by Crippen LogP contribution is -2.48. The molecule has 148 valence electrons. The largest absolute Gasteiger partial charge is 0.368 e. The SMILES string of the molecule is CCCC(=O)N1CCN(c2ccc(NC(=O)c3cc(Cl)ccc3Cl)cc2)CC1. The van der Waals surface area contributed by atoms with Gasteiger partial charge in [0.05, 0.1) is 10.6 Å². The zero-order valence-electron chi connectivity index (χ0n) is 15.8. The van der Waals surface area contributed by atoms with Gasteiger partial charge in [0, 0.05) is 49.0 Å². The molecule has 28 heavy (non-hydrogen) atoms. The Morgan fingerprint density at radius 2 is 1.68 bits per heavy atom. The van der Waals surface area contributed by atoms with Gasteiger partial charge >= 0.3 is 0 Å². The number of anilines is 2. The van der Waals surface area contributed by atoms with Gasteiger partial charge in [0.2, 0.25) is 5.91 Å². The number of rotatable bonds is 5. The van der Waals surface area contributed by atoms with Gasteiger partial charge in [-0.05, 0) is 48.9 Å². The number of halogens is 2. The molecule has 2 amide bonds. The summed E-state index contributed by atoms with van der Waals surface area (Å²) in [6.45, 7) is 5.11. The lowest BCUT2D eigenvalue weighted by Gasteiger charge is -2.36. The molecule has 0 spiro atoms. The van der Waals surface area contributed by atoms with Gasteiger partial charge in [-0.25, -0.2) is 0 Å². The first-order chi connectivity index (χ1) is 13.5. The van der Waals surface area contributed by atoms with Crippen molar-refractivity contribution in [1.29, 1.82) is 0 Å². The minimum atomic E-state index is -0.302. The molecule has 1 heterocycles. The molecule has 1 fully saturated rings. The molecule has 7 heteroatoms. The smallest absolute Gasteiger partial charge is 0.257 e. The number of amides is 2. The van der Waals surface area contributed by atoms with Crippen LogP contribution in [-0.4, -0.2) is 42.9 Å². The number of carbonyl (C=O) groups excluding carboxylic acids is 2. The summed E-state index contributed by atoms with van der Waals surface area (Å²) >= 11 is 12.0. The fourth-order valence-electron chi connectivity index (χ4n) is 3.21. The Kier molecular flexibility index (Phi) is 6.81. The molecule has 5 nitrogen and oxygen atoms in total. The fourth-order valence-corrected chi connectivity index (χ4v) is 3.59. The Morgan fingerprint density at radius 1 is 1.00 bits per heavy atom. The molecule has 1 aliphatic heterocycles. The Balaban J connectivity index is 1.59. The van der Waals surface area contributed by atoms with E-state index in [2.05, 4.69) is 10.2 Å². The Labute approximate surface area is 175 Å². The Hall–Kier alpha value is -2.24. The number of hydrogen-bond acceptors (Lipinski definition) is 3. The maximum absolute atomic E-state index is 12.4. The van der Waals surface area contributed by atoms with Crippen LogP contribution in [0.15, 0.2) is 42.5 Å². The third-order valence-corrected chi connectivity index (χ3v) is 5.32. The van der Waals surface area contributed by atoms with Gasteiger partial charge in [-0.3, -0.25) is 9.59 Å². The molecule has 3 rings (SSSR count). The number of nitrogens with zero attached hydrogens (tertiary/aromatic N) is 2. The number of piperazine rings is 1. The Bertz CT molecular complexity index is 847. The van der Waals surface area contributed by atoms with Crippen molar-refractivity contribution in [2.75, 3.05) is 36.4 Å². The van der Waals surface area contributed by atoms with E-state index >= 15 is 0 Å². The van der Waals surface area contributed by atoms with Crippen LogP contribution in [0.2, 0.25) is 10.0 Å². The molecular formula is C21H23Cl2N3O2. The molecular weight excluding hydrogens is 397 g/mol. The lowest BCUT2D eigenvalue weighted by molar-refractivity contribution is -0.131. The molecule has 1 aliphatic rings. The van der Waals surface area contributed by atoms with Gasteiger partial charge in [-0.1, -0.05) is 30.1 Å². The lowest BCUT2D eigenvalue weighted by atomic mass is 10.2. The molecule has 0 unspecified atom stereocenters. The summed E-state index contributed by atoms with van der Waals surface area (Å²) in [5, 5.41) is 3.65. The number of benzene rings is 2. The maximum Gasteiger partial charge on any atom is 0.257 e. The van der Waals surface area contributed by atoms with Crippen molar-refractivity contribution in [2.24, 2.45) is 0 Å². The molecule has 1 saturated heterocycles. The van der Waals surface area contributed by atoms with Gasteiger partial charge in [-0.2, -0.15) is 0 Å². The van der Waals surface area contributed by atoms with E-state index in [1.54, 1.807) is 18.2 Å². The summed E-state index contributed by atoms with van der Waals surface area (Å²) in [6.07, 6.45) is 1.50. The van der Waals surface area contributed by atoms with Crippen LogP contribution >= 0.6 is 23.2 Å². The van der Waals surface area contributed by atoms with Crippen LogP contribution in [0, 0.1) is 0 Å². The second-order valence-electron chi connectivity index (χ2n) is 6.74. The van der Waals surface area contributed by atoms with Gasteiger partial charge < -0.3 is 15.1 Å². The second-order valence-corrected chi connectivity index (χ2v) is 7.59. The molecule has 0 bridgehead atoms. The highest BCUT2D eigenvalue weighted by Gasteiger charge is 2.20. The van der Waals surface area contributed by atoms with E-state index in [4.69, 9.17) is 23.2 Å². The molecule has 0 aromatic heterocycles. The van der Waals surface area contributed by atoms with Crippen molar-refractivity contribution in [3.05, 3.63) is 58.1 Å². The third-order valence-electron chi connectivity index (χ3n) is 4.76. The van der Waals surface area contributed by atoms with Gasteiger partial charge in [0.1, 0.15) is 0 Å². The highest BCUT2D eigenvalue weighted by atomic mass is 35.5. The number of hydrogen-bond donors (Lipinski definition) is 1. The van der Waals surface area contributed by atoms with Crippen molar-refractivity contribution in [2.45, 2.75) is 19.8 Å². The van der Waals surface area contributed by atoms with Crippen molar-refractivity contribution in [3.63, 3.8) is 0 Å². The fraction of sp³-hybridized carbons (Fsp3) is 0.333. The number of nitrogens with one attached hydrogen (secondary N) is 1. The van der Waals surface area contributed by atoms with Crippen LogP contribution in [0.3, 0.4) is 0 Å². The predicted octanol–water partition coefficient (Wildman–Crippen LogP) is 4.69. The highest BCUT2D eigenvalue weighted by molar-refractivity contribution is 6.36. The Morgan fingerprint density at radius 3 is 2.32 bits per heavy atom. The van der Waals surface area contributed by atoms with Crippen LogP contribution < -0.4 is 10.2 Å². The average molecular weight is 420 g/mol. The first-order valence-electron chi connectivity index (χ1n) is 9.37. The standard InChI is InChI=1S/C21H23Cl2N3O2/c1-2-3-20(27)26-12-10-25(11-13-26)17-7-5-16(6-8-17)24-21(28)18-14-15(22)4-9-19(18)23/h4-9,14H,2-3,10-13H2,1H3,(H,24,28). The van der Waals surface area contributed by atoms with Crippen LogP contribution in [0.1, 0.15) is 30.1 Å². The van der Waals surface area contributed by atoms with Gasteiger partial charge in [0.25, 0.3) is 5.91 Å². The summed E-state index contributed by atoms with van der Waals surface area (Å²) in [4.78, 5) is 28.6. The zero-order valence-corrected chi connectivity index (χ0v) is 17.3. The second kappa shape index (κ2) is 9.30. The molecule has 0 atom stereocenters. The molecule has 2 aromatic carbocycles. The van der Waals surface area contributed by atoms with E-state index in [1.165, 1.54) is 0 Å². The summed E-state index contributed by atoms with van der Waals surface area (Å²) in [7, 11) is 0. The molecule has 2 aromatic rings. The van der Waals surface area contributed by atoms with Crippen LogP contribution in [0.5, 0.6) is 0 Å². The van der Waals surface area contributed by atoms with E-state index in [-0.39, 0.29) is 11.8 Å². The minimum Gasteiger partial charge on any atom is -0.368 e. The average Bonchev–Trinajstić information content (AvgIpc) is 2.70. The topological polar surface area (TPSA) is 52.7 Å². The van der Waals surface area contributed by atoms with Crippen LogP contribution in [-0.2, 0) is 4.79 Å². The van der Waals surface area contributed by atoms with E-state index in [0.717, 1.165) is 38.3 Å². The molecule has 1 N–H and O–H groups in total. The molecule has 0 saturated carbocycles. The summed E-state index contributed by atoms with van der Waals surface area (Å²) in [5.74, 6) is -0.0665. The van der Waals surface area contributed by atoms with Gasteiger partial charge in [0.15, 0.2) is 0 Å². The normalized spacial score (nSPS) is 14.1. The van der Waals surface area contributed by atoms with E-state index < -0.39 is 0 Å². The van der Waals surface area contributed by atoms with Crippen LogP contribution in [0.25, 0.3) is 0 Å². The summed E-state index contributed by atoms with van der Waals surface area (Å²) < 4.78 is 0. The quantitative estimate of drug-likeness (QED) is 0.764. The van der Waals surface area contributed by atoms with E-state index in [1.807, 2.05) is 36.1 Å². The maximum atomic E-state index is 12.4. The zero-order chi connectivity index (χ0) is 20.1. The third kappa shape index (κ3) is 4.97.